The summed E-state index contributed by atoms with van der Waals surface area (Å²) in [5.74, 6) is 0.550. The minimum Gasteiger partial charge on any atom is -0.359 e. The van der Waals surface area contributed by atoms with Crippen molar-refractivity contribution in [2.75, 3.05) is 0 Å². The molecule has 0 aliphatic carbocycles. The Morgan fingerprint density at radius 1 is 1.00 bits per heavy atom. The Hall–Kier alpha value is -1.58. The van der Waals surface area contributed by atoms with Crippen LogP contribution < -0.4 is 10.6 Å². The molecular formula is C20H25ClN2S. The first-order valence-corrected chi connectivity index (χ1v) is 9.17. The highest BCUT2D eigenvalue weighted by Gasteiger charge is 2.11. The van der Waals surface area contributed by atoms with E-state index in [1.54, 1.807) is 0 Å². The minimum atomic E-state index is 0.219. The fraction of sp³-hybridized carbons (Fsp3) is 0.350. The highest BCUT2D eigenvalue weighted by molar-refractivity contribution is 7.80. The SMILES string of the molecule is CCC(NC(=S)NCc1ccc(Cl)cc1)c1ccc(C(C)C)cc1. The third-order valence-corrected chi connectivity index (χ3v) is 4.60. The Bertz CT molecular complexity index is 650. The third-order valence-electron chi connectivity index (χ3n) is 4.09. The largest absolute Gasteiger partial charge is 0.359 e. The van der Waals surface area contributed by atoms with Crippen molar-refractivity contribution in [1.82, 2.24) is 10.6 Å². The second-order valence-electron chi connectivity index (χ2n) is 6.24. The fourth-order valence-electron chi connectivity index (χ4n) is 2.53. The average molecular weight is 361 g/mol. The molecule has 0 saturated heterocycles. The lowest BCUT2D eigenvalue weighted by molar-refractivity contribution is 0.615. The van der Waals surface area contributed by atoms with Crippen LogP contribution in [0.2, 0.25) is 5.02 Å². The first kappa shape index (κ1) is 18.8. The van der Waals surface area contributed by atoms with E-state index in [0.29, 0.717) is 17.6 Å². The van der Waals surface area contributed by atoms with Gasteiger partial charge in [-0.1, -0.05) is 68.8 Å². The standard InChI is InChI=1S/C20H25ClN2S/c1-4-19(17-9-7-16(8-10-17)14(2)3)23-20(24)22-13-15-5-11-18(21)12-6-15/h5-12,14,19H,4,13H2,1-3H3,(H2,22,23,24). The predicted molar refractivity (Wildman–Crippen MR) is 108 cm³/mol. The van der Waals surface area contributed by atoms with Gasteiger partial charge in [0.2, 0.25) is 0 Å². The summed E-state index contributed by atoms with van der Waals surface area (Å²) in [6, 6.07) is 16.8. The van der Waals surface area contributed by atoms with Gasteiger partial charge < -0.3 is 10.6 Å². The topological polar surface area (TPSA) is 24.1 Å². The van der Waals surface area contributed by atoms with Crippen LogP contribution in [-0.2, 0) is 6.54 Å². The Morgan fingerprint density at radius 3 is 2.12 bits per heavy atom. The molecule has 4 heteroatoms. The molecule has 0 aliphatic heterocycles. The number of rotatable bonds is 6. The van der Waals surface area contributed by atoms with E-state index in [2.05, 4.69) is 55.7 Å². The maximum atomic E-state index is 5.90. The van der Waals surface area contributed by atoms with E-state index < -0.39 is 0 Å². The zero-order valence-electron chi connectivity index (χ0n) is 14.5. The van der Waals surface area contributed by atoms with Gasteiger partial charge in [-0.05, 0) is 53.4 Å². The van der Waals surface area contributed by atoms with Crippen LogP contribution in [-0.4, -0.2) is 5.11 Å². The number of hydrogen-bond donors (Lipinski definition) is 2. The zero-order valence-corrected chi connectivity index (χ0v) is 16.0. The molecular weight excluding hydrogens is 336 g/mol. The summed E-state index contributed by atoms with van der Waals surface area (Å²) in [6.07, 6.45) is 0.976. The van der Waals surface area contributed by atoms with E-state index in [1.807, 2.05) is 24.3 Å². The van der Waals surface area contributed by atoms with Gasteiger partial charge in [0.05, 0.1) is 6.04 Å². The number of thiocarbonyl (C=S) groups is 1. The van der Waals surface area contributed by atoms with Crippen molar-refractivity contribution >= 4 is 28.9 Å². The molecule has 2 rings (SSSR count). The summed E-state index contributed by atoms with van der Waals surface area (Å²) >= 11 is 11.3. The van der Waals surface area contributed by atoms with Crippen LogP contribution in [0.3, 0.4) is 0 Å². The Kier molecular flexibility index (Phi) is 7.07. The van der Waals surface area contributed by atoms with Crippen molar-refractivity contribution in [3.05, 3.63) is 70.2 Å². The molecule has 2 N–H and O–H groups in total. The van der Waals surface area contributed by atoms with Gasteiger partial charge in [0.15, 0.2) is 5.11 Å². The monoisotopic (exact) mass is 360 g/mol. The van der Waals surface area contributed by atoms with Gasteiger partial charge >= 0.3 is 0 Å². The van der Waals surface area contributed by atoms with E-state index in [0.717, 1.165) is 17.0 Å². The average Bonchev–Trinajstić information content (AvgIpc) is 2.59. The second kappa shape index (κ2) is 9.05. The summed E-state index contributed by atoms with van der Waals surface area (Å²) in [5, 5.41) is 8.08. The van der Waals surface area contributed by atoms with E-state index in [4.69, 9.17) is 23.8 Å². The van der Waals surface area contributed by atoms with Gasteiger partial charge in [-0.15, -0.1) is 0 Å². The van der Waals surface area contributed by atoms with Crippen LogP contribution in [0.15, 0.2) is 48.5 Å². The Balaban J connectivity index is 1.91. The van der Waals surface area contributed by atoms with Crippen LogP contribution >= 0.6 is 23.8 Å². The van der Waals surface area contributed by atoms with E-state index in [-0.39, 0.29) is 6.04 Å². The quantitative estimate of drug-likeness (QED) is 0.657. The lowest BCUT2D eigenvalue weighted by atomic mass is 9.98. The Labute approximate surface area is 155 Å². The molecule has 1 unspecified atom stereocenters. The Morgan fingerprint density at radius 2 is 1.58 bits per heavy atom. The molecule has 0 saturated carbocycles. The molecule has 2 aromatic carbocycles. The smallest absolute Gasteiger partial charge is 0.167 e. The molecule has 0 radical (unpaired) electrons. The first-order chi connectivity index (χ1) is 11.5. The van der Waals surface area contributed by atoms with Gasteiger partial charge in [0.25, 0.3) is 0 Å². The molecule has 0 fully saturated rings. The summed E-state index contributed by atoms with van der Waals surface area (Å²) in [4.78, 5) is 0. The molecule has 0 aromatic heterocycles. The van der Waals surface area contributed by atoms with Crippen molar-refractivity contribution in [1.29, 1.82) is 0 Å². The number of benzene rings is 2. The zero-order chi connectivity index (χ0) is 17.5. The van der Waals surface area contributed by atoms with Crippen molar-refractivity contribution in [3.8, 4) is 0 Å². The molecule has 24 heavy (non-hydrogen) atoms. The number of hydrogen-bond acceptors (Lipinski definition) is 1. The third kappa shape index (κ3) is 5.50. The molecule has 0 amide bonds. The van der Waals surface area contributed by atoms with Crippen molar-refractivity contribution in [2.45, 2.75) is 45.7 Å². The van der Waals surface area contributed by atoms with Gasteiger partial charge in [-0.25, -0.2) is 0 Å². The molecule has 0 aliphatic rings. The van der Waals surface area contributed by atoms with Crippen molar-refractivity contribution < 1.29 is 0 Å². The van der Waals surface area contributed by atoms with Crippen LogP contribution in [0.25, 0.3) is 0 Å². The second-order valence-corrected chi connectivity index (χ2v) is 7.08. The molecule has 0 heterocycles. The normalized spacial score (nSPS) is 12.0. The number of halogens is 1. The molecule has 1 atom stereocenters. The lowest BCUT2D eigenvalue weighted by Crippen LogP contribution is -2.37. The summed E-state index contributed by atoms with van der Waals surface area (Å²) in [6.45, 7) is 7.27. The van der Waals surface area contributed by atoms with Gasteiger partial charge in [-0.3, -0.25) is 0 Å². The van der Waals surface area contributed by atoms with Crippen LogP contribution in [0.5, 0.6) is 0 Å². The molecule has 0 bridgehead atoms. The van der Waals surface area contributed by atoms with Crippen molar-refractivity contribution in [2.24, 2.45) is 0 Å². The minimum absolute atomic E-state index is 0.219. The van der Waals surface area contributed by atoms with Crippen LogP contribution in [0.1, 0.15) is 55.8 Å². The summed E-state index contributed by atoms with van der Waals surface area (Å²) in [7, 11) is 0. The summed E-state index contributed by atoms with van der Waals surface area (Å²) < 4.78 is 0. The van der Waals surface area contributed by atoms with Crippen LogP contribution in [0.4, 0.5) is 0 Å². The summed E-state index contributed by atoms with van der Waals surface area (Å²) in [5.41, 5.74) is 3.77. The lowest BCUT2D eigenvalue weighted by Gasteiger charge is -2.20. The molecule has 2 aromatic rings. The van der Waals surface area contributed by atoms with Crippen LogP contribution in [0, 0.1) is 0 Å². The number of nitrogens with one attached hydrogen (secondary N) is 2. The van der Waals surface area contributed by atoms with Gasteiger partial charge in [0.1, 0.15) is 0 Å². The predicted octanol–water partition coefficient (Wildman–Crippen LogP) is 5.58. The van der Waals surface area contributed by atoms with Crippen molar-refractivity contribution in [3.63, 3.8) is 0 Å². The molecule has 0 spiro atoms. The van der Waals surface area contributed by atoms with E-state index in [1.165, 1.54) is 11.1 Å². The molecule has 128 valence electrons. The highest BCUT2D eigenvalue weighted by atomic mass is 35.5. The van der Waals surface area contributed by atoms with Gasteiger partial charge in [0, 0.05) is 11.6 Å². The maximum Gasteiger partial charge on any atom is 0.167 e. The van der Waals surface area contributed by atoms with Gasteiger partial charge in [-0.2, -0.15) is 0 Å². The molecule has 2 nitrogen and oxygen atoms in total. The van der Waals surface area contributed by atoms with E-state index in [9.17, 15) is 0 Å². The maximum absolute atomic E-state index is 5.90. The highest BCUT2D eigenvalue weighted by Crippen LogP contribution is 2.20. The first-order valence-electron chi connectivity index (χ1n) is 8.38. The fourth-order valence-corrected chi connectivity index (χ4v) is 2.87. The van der Waals surface area contributed by atoms with E-state index >= 15 is 0 Å².